The number of hydrogen-bond acceptors (Lipinski definition) is 4. The minimum absolute atomic E-state index is 0.160. The van der Waals surface area contributed by atoms with Crippen molar-refractivity contribution < 1.29 is 4.74 Å². The van der Waals surface area contributed by atoms with Crippen molar-refractivity contribution >= 4 is 5.65 Å². The lowest BCUT2D eigenvalue weighted by molar-refractivity contribution is 0.181. The number of ether oxygens (including phenoxy) is 1. The largest absolute Gasteiger partial charge is 0.378 e. The summed E-state index contributed by atoms with van der Waals surface area (Å²) in [7, 11) is 1.62. The Morgan fingerprint density at radius 2 is 2.04 bits per heavy atom. The van der Waals surface area contributed by atoms with E-state index in [0.717, 1.165) is 16.8 Å². The summed E-state index contributed by atoms with van der Waals surface area (Å²) in [6, 6.07) is 13.2. The van der Waals surface area contributed by atoms with Crippen molar-refractivity contribution in [1.82, 2.24) is 24.4 Å². The molecule has 0 saturated carbocycles. The lowest BCUT2D eigenvalue weighted by atomic mass is 10.1. The average Bonchev–Trinajstić information content (AvgIpc) is 3.24. The number of fused-ring (bicyclic) bond motifs is 1. The number of aromatic nitrogens is 5. The zero-order valence-electron chi connectivity index (χ0n) is 13.7. The molecule has 0 unspecified atom stereocenters. The summed E-state index contributed by atoms with van der Waals surface area (Å²) < 4.78 is 8.49. The van der Waals surface area contributed by atoms with Gasteiger partial charge in [-0.05, 0) is 11.6 Å². The fourth-order valence-corrected chi connectivity index (χ4v) is 2.93. The Kier molecular flexibility index (Phi) is 3.91. The van der Waals surface area contributed by atoms with E-state index >= 15 is 0 Å². The maximum absolute atomic E-state index is 12.6. The number of nitrogens with one attached hydrogen (secondary N) is 1. The Morgan fingerprint density at radius 1 is 1.20 bits per heavy atom. The molecule has 4 aromatic rings. The third-order valence-electron chi connectivity index (χ3n) is 3.98. The summed E-state index contributed by atoms with van der Waals surface area (Å²) >= 11 is 0. The van der Waals surface area contributed by atoms with Gasteiger partial charge in [-0.3, -0.25) is 14.6 Å². The minimum atomic E-state index is -0.160. The van der Waals surface area contributed by atoms with Gasteiger partial charge in [0.1, 0.15) is 0 Å². The van der Waals surface area contributed by atoms with Crippen LogP contribution >= 0.6 is 0 Å². The van der Waals surface area contributed by atoms with Crippen LogP contribution in [0.3, 0.4) is 0 Å². The van der Waals surface area contributed by atoms with Gasteiger partial charge in [-0.2, -0.15) is 5.10 Å². The molecule has 0 atom stereocenters. The molecule has 4 rings (SSSR count). The van der Waals surface area contributed by atoms with E-state index in [1.807, 2.05) is 42.6 Å². The van der Waals surface area contributed by atoms with Gasteiger partial charge in [0.25, 0.3) is 5.56 Å². The van der Waals surface area contributed by atoms with Crippen molar-refractivity contribution in [1.29, 1.82) is 0 Å². The molecule has 126 valence electrons. The van der Waals surface area contributed by atoms with Crippen LogP contribution in [0.5, 0.6) is 0 Å². The molecule has 7 nitrogen and oxygen atoms in total. The van der Waals surface area contributed by atoms with E-state index in [4.69, 9.17) is 9.72 Å². The van der Waals surface area contributed by atoms with Crippen LogP contribution in [0.25, 0.3) is 16.8 Å². The summed E-state index contributed by atoms with van der Waals surface area (Å²) in [4.78, 5) is 17.3. The topological polar surface area (TPSA) is 77.2 Å². The van der Waals surface area contributed by atoms with E-state index in [9.17, 15) is 4.79 Å². The molecule has 0 radical (unpaired) electrons. The SMILES string of the molecule is COCc1[nH]n2c(=O)cc(Cn3cccn3)nc2c1-c1ccccc1. The highest BCUT2D eigenvalue weighted by atomic mass is 16.5. The average molecular weight is 335 g/mol. The van der Waals surface area contributed by atoms with Crippen LogP contribution in [0.2, 0.25) is 0 Å². The second-order valence-electron chi connectivity index (χ2n) is 5.71. The molecule has 3 heterocycles. The number of H-pyrrole nitrogens is 1. The highest BCUT2D eigenvalue weighted by molar-refractivity contribution is 5.79. The first kappa shape index (κ1) is 15.3. The van der Waals surface area contributed by atoms with Gasteiger partial charge >= 0.3 is 0 Å². The third kappa shape index (κ3) is 2.85. The number of methoxy groups -OCH3 is 1. The van der Waals surface area contributed by atoms with E-state index in [2.05, 4.69) is 10.2 Å². The summed E-state index contributed by atoms with van der Waals surface area (Å²) in [5, 5.41) is 7.29. The molecule has 3 aromatic heterocycles. The Labute approximate surface area is 143 Å². The lowest BCUT2D eigenvalue weighted by Gasteiger charge is -2.04. The van der Waals surface area contributed by atoms with Gasteiger partial charge in [0.2, 0.25) is 0 Å². The van der Waals surface area contributed by atoms with E-state index in [-0.39, 0.29) is 5.56 Å². The fraction of sp³-hybridized carbons (Fsp3) is 0.167. The molecular formula is C18H17N5O2. The molecule has 0 bridgehead atoms. The minimum Gasteiger partial charge on any atom is -0.378 e. The van der Waals surface area contributed by atoms with Gasteiger partial charge in [-0.25, -0.2) is 9.50 Å². The van der Waals surface area contributed by atoms with Gasteiger partial charge in [0.15, 0.2) is 5.65 Å². The number of benzene rings is 1. The third-order valence-corrected chi connectivity index (χ3v) is 3.98. The molecule has 1 N–H and O–H groups in total. The number of rotatable bonds is 5. The molecule has 0 aliphatic heterocycles. The Hall–Kier alpha value is -3.19. The van der Waals surface area contributed by atoms with Crippen molar-refractivity contribution in [3.63, 3.8) is 0 Å². The highest BCUT2D eigenvalue weighted by Crippen LogP contribution is 2.27. The first-order valence-corrected chi connectivity index (χ1v) is 7.91. The molecule has 0 aliphatic rings. The van der Waals surface area contributed by atoms with Crippen molar-refractivity contribution in [2.24, 2.45) is 0 Å². The monoisotopic (exact) mass is 335 g/mol. The van der Waals surface area contributed by atoms with Gasteiger partial charge in [0, 0.05) is 31.1 Å². The molecule has 0 fully saturated rings. The molecule has 0 saturated heterocycles. The van der Waals surface area contributed by atoms with E-state index < -0.39 is 0 Å². The maximum Gasteiger partial charge on any atom is 0.272 e. The first-order valence-electron chi connectivity index (χ1n) is 7.91. The van der Waals surface area contributed by atoms with Crippen molar-refractivity contribution in [2.45, 2.75) is 13.2 Å². The molecule has 0 aliphatic carbocycles. The second kappa shape index (κ2) is 6.37. The molecule has 7 heteroatoms. The molecule has 1 aromatic carbocycles. The number of hydrogen-bond donors (Lipinski definition) is 1. The second-order valence-corrected chi connectivity index (χ2v) is 5.71. The van der Waals surface area contributed by atoms with Crippen LogP contribution in [0.4, 0.5) is 0 Å². The predicted molar refractivity (Wildman–Crippen MR) is 93.3 cm³/mol. The number of aromatic amines is 1. The van der Waals surface area contributed by atoms with Gasteiger partial charge in [-0.1, -0.05) is 30.3 Å². The first-order chi connectivity index (χ1) is 12.3. The van der Waals surface area contributed by atoms with Gasteiger partial charge < -0.3 is 4.74 Å². The van der Waals surface area contributed by atoms with E-state index in [1.165, 1.54) is 10.6 Å². The lowest BCUT2D eigenvalue weighted by Crippen LogP contribution is -2.17. The zero-order valence-corrected chi connectivity index (χ0v) is 13.7. The predicted octanol–water partition coefficient (Wildman–Crippen LogP) is 2.08. The van der Waals surface area contributed by atoms with Crippen molar-refractivity contribution in [3.8, 4) is 11.1 Å². The Morgan fingerprint density at radius 3 is 2.76 bits per heavy atom. The fourth-order valence-electron chi connectivity index (χ4n) is 2.93. The van der Waals surface area contributed by atoms with Crippen LogP contribution in [-0.2, 0) is 17.9 Å². The highest BCUT2D eigenvalue weighted by Gasteiger charge is 2.17. The maximum atomic E-state index is 12.6. The van der Waals surface area contributed by atoms with Gasteiger partial charge in [-0.15, -0.1) is 0 Å². The summed E-state index contributed by atoms with van der Waals surface area (Å²) in [6.45, 7) is 0.805. The standard InChI is InChI=1S/C18H17N5O2/c1-25-12-15-17(13-6-3-2-4-7-13)18-20-14(10-16(24)23(18)21-15)11-22-9-5-8-19-22/h2-10,21H,11-12H2,1H3. The quantitative estimate of drug-likeness (QED) is 0.606. The van der Waals surface area contributed by atoms with Crippen LogP contribution in [0.15, 0.2) is 59.7 Å². The molecule has 25 heavy (non-hydrogen) atoms. The summed E-state index contributed by atoms with van der Waals surface area (Å²) in [5.74, 6) is 0. The van der Waals surface area contributed by atoms with E-state index in [1.54, 1.807) is 18.0 Å². The molecular weight excluding hydrogens is 318 g/mol. The van der Waals surface area contributed by atoms with Crippen LogP contribution in [0.1, 0.15) is 11.4 Å². The van der Waals surface area contributed by atoms with E-state index in [0.29, 0.717) is 24.5 Å². The molecule has 0 spiro atoms. The van der Waals surface area contributed by atoms with Crippen LogP contribution in [0, 0.1) is 0 Å². The van der Waals surface area contributed by atoms with Crippen molar-refractivity contribution in [2.75, 3.05) is 7.11 Å². The molecule has 0 amide bonds. The Balaban J connectivity index is 1.92. The normalized spacial score (nSPS) is 11.2. The van der Waals surface area contributed by atoms with Gasteiger partial charge in [0.05, 0.1) is 24.5 Å². The van der Waals surface area contributed by atoms with Crippen LogP contribution in [-0.4, -0.2) is 31.5 Å². The van der Waals surface area contributed by atoms with Crippen LogP contribution < -0.4 is 5.56 Å². The number of nitrogens with zero attached hydrogens (tertiary/aromatic N) is 4. The summed E-state index contributed by atoms with van der Waals surface area (Å²) in [5.41, 5.74) is 3.77. The van der Waals surface area contributed by atoms with Crippen molar-refractivity contribution in [3.05, 3.63) is 76.6 Å². The zero-order chi connectivity index (χ0) is 17.2. The smallest absolute Gasteiger partial charge is 0.272 e. The summed E-state index contributed by atoms with van der Waals surface area (Å²) in [6.07, 6.45) is 3.54. The Bertz CT molecular complexity index is 1050.